The van der Waals surface area contributed by atoms with Crippen LogP contribution in [0, 0.1) is 0 Å². The molecule has 0 radical (unpaired) electrons. The van der Waals surface area contributed by atoms with E-state index < -0.39 is 0 Å². The van der Waals surface area contributed by atoms with Gasteiger partial charge in [0, 0.05) is 0 Å². The van der Waals surface area contributed by atoms with Gasteiger partial charge in [-0.25, -0.2) is 9.97 Å². The van der Waals surface area contributed by atoms with Crippen molar-refractivity contribution in [2.24, 2.45) is 0 Å². The molecule has 0 aromatic carbocycles. The minimum absolute atomic E-state index is 0.435. The Kier molecular flexibility index (Phi) is 1.15. The first kappa shape index (κ1) is 5.96. The second kappa shape index (κ2) is 2.12. The summed E-state index contributed by atoms with van der Waals surface area (Å²) in [6.07, 6.45) is 2.92. The molecule has 54 valence electrons. The molecular weight excluding hydrogens is 142 g/mol. The van der Waals surface area contributed by atoms with Crippen molar-refractivity contribution in [3.8, 4) is 0 Å². The van der Waals surface area contributed by atoms with Gasteiger partial charge in [0.05, 0.1) is 11.6 Å². The molecule has 2 heterocycles. The van der Waals surface area contributed by atoms with Gasteiger partial charge in [0.25, 0.3) is 0 Å². The van der Waals surface area contributed by atoms with Crippen molar-refractivity contribution >= 4 is 16.9 Å². The summed E-state index contributed by atoms with van der Waals surface area (Å²) in [6, 6.07) is 1.73. The van der Waals surface area contributed by atoms with E-state index in [0.29, 0.717) is 11.5 Å². The van der Waals surface area contributed by atoms with E-state index in [1.807, 2.05) is 0 Å². The molecule has 0 fully saturated rings. The molecule has 11 heavy (non-hydrogen) atoms. The van der Waals surface area contributed by atoms with Crippen molar-refractivity contribution < 1.29 is 0 Å². The second-order valence-corrected chi connectivity index (χ2v) is 2.03. The zero-order valence-electron chi connectivity index (χ0n) is 5.60. The molecule has 2 rings (SSSR count). The number of rotatable bonds is 0. The summed E-state index contributed by atoms with van der Waals surface area (Å²) in [4.78, 5) is 7.68. The molecule has 0 unspecified atom stereocenters. The Balaban J connectivity index is 2.91. The van der Waals surface area contributed by atoms with Gasteiger partial charge < -0.3 is 5.73 Å². The Morgan fingerprint density at radius 2 is 2.18 bits per heavy atom. The molecule has 0 aliphatic rings. The highest BCUT2D eigenvalue weighted by Crippen LogP contribution is 2.10. The zero-order valence-corrected chi connectivity index (χ0v) is 5.60. The third-order valence-electron chi connectivity index (χ3n) is 1.35. The van der Waals surface area contributed by atoms with Crippen molar-refractivity contribution in [3.05, 3.63) is 18.6 Å². The SMILES string of the molecule is Nc1ncnc2nnccc12. The van der Waals surface area contributed by atoms with E-state index in [2.05, 4.69) is 20.2 Å². The minimum atomic E-state index is 0.435. The third-order valence-corrected chi connectivity index (χ3v) is 1.35. The van der Waals surface area contributed by atoms with Gasteiger partial charge in [-0.2, -0.15) is 5.10 Å². The van der Waals surface area contributed by atoms with E-state index in [1.165, 1.54) is 6.33 Å². The smallest absolute Gasteiger partial charge is 0.186 e. The van der Waals surface area contributed by atoms with Crippen LogP contribution in [0.25, 0.3) is 11.0 Å². The van der Waals surface area contributed by atoms with Crippen LogP contribution >= 0.6 is 0 Å². The highest BCUT2D eigenvalue weighted by atomic mass is 15.1. The topological polar surface area (TPSA) is 77.6 Å². The maximum Gasteiger partial charge on any atom is 0.186 e. The Morgan fingerprint density at radius 3 is 3.00 bits per heavy atom. The monoisotopic (exact) mass is 147 g/mol. The van der Waals surface area contributed by atoms with Crippen molar-refractivity contribution in [3.63, 3.8) is 0 Å². The van der Waals surface area contributed by atoms with Crippen LogP contribution in [-0.4, -0.2) is 20.2 Å². The summed E-state index contributed by atoms with van der Waals surface area (Å²) < 4.78 is 0. The summed E-state index contributed by atoms with van der Waals surface area (Å²) in [5, 5.41) is 8.16. The molecule has 2 aromatic heterocycles. The van der Waals surface area contributed by atoms with E-state index in [9.17, 15) is 0 Å². The Bertz CT molecular complexity index is 380. The van der Waals surface area contributed by atoms with Crippen molar-refractivity contribution in [2.45, 2.75) is 0 Å². The van der Waals surface area contributed by atoms with Gasteiger partial charge >= 0.3 is 0 Å². The van der Waals surface area contributed by atoms with Crippen LogP contribution in [0.2, 0.25) is 0 Å². The molecule has 0 aliphatic heterocycles. The molecule has 0 saturated heterocycles. The van der Waals surface area contributed by atoms with Crippen LogP contribution in [0.3, 0.4) is 0 Å². The normalized spacial score (nSPS) is 10.2. The largest absolute Gasteiger partial charge is 0.383 e. The summed E-state index contributed by atoms with van der Waals surface area (Å²) in [5.41, 5.74) is 6.07. The van der Waals surface area contributed by atoms with Crippen LogP contribution in [0.4, 0.5) is 5.82 Å². The molecule has 0 saturated carbocycles. The van der Waals surface area contributed by atoms with E-state index in [4.69, 9.17) is 5.73 Å². The van der Waals surface area contributed by atoms with Gasteiger partial charge in [-0.1, -0.05) is 0 Å². The van der Waals surface area contributed by atoms with Crippen molar-refractivity contribution in [1.29, 1.82) is 0 Å². The van der Waals surface area contributed by atoms with Gasteiger partial charge in [0.15, 0.2) is 5.65 Å². The Hall–Kier alpha value is -1.78. The number of fused-ring (bicyclic) bond motifs is 1. The number of anilines is 1. The zero-order chi connectivity index (χ0) is 7.68. The van der Waals surface area contributed by atoms with E-state index in [0.717, 1.165) is 5.39 Å². The van der Waals surface area contributed by atoms with Crippen molar-refractivity contribution in [2.75, 3.05) is 5.73 Å². The van der Waals surface area contributed by atoms with Gasteiger partial charge in [0.2, 0.25) is 0 Å². The molecule has 0 atom stereocenters. The molecule has 0 spiro atoms. The standard InChI is InChI=1S/C6H5N5/c7-5-4-1-2-10-11-6(4)9-3-8-5/h1-3H,(H2,7,8,9,11). The third kappa shape index (κ3) is 0.861. The molecule has 5 nitrogen and oxygen atoms in total. The summed E-state index contributed by atoms with van der Waals surface area (Å²) in [5.74, 6) is 0.435. The number of hydrogen-bond donors (Lipinski definition) is 1. The molecular formula is C6H5N5. The second-order valence-electron chi connectivity index (χ2n) is 2.03. The summed E-state index contributed by atoms with van der Waals surface area (Å²) >= 11 is 0. The fourth-order valence-corrected chi connectivity index (χ4v) is 0.835. The molecule has 2 N–H and O–H groups in total. The first-order chi connectivity index (χ1) is 5.38. The fraction of sp³-hybridized carbons (Fsp3) is 0. The fourth-order valence-electron chi connectivity index (χ4n) is 0.835. The van der Waals surface area contributed by atoms with Gasteiger partial charge in [0.1, 0.15) is 12.1 Å². The number of aromatic nitrogens is 4. The lowest BCUT2D eigenvalue weighted by Gasteiger charge is -1.94. The lowest BCUT2D eigenvalue weighted by atomic mass is 10.3. The molecule has 2 aromatic rings. The lowest BCUT2D eigenvalue weighted by Crippen LogP contribution is -1.95. The van der Waals surface area contributed by atoms with Crippen LogP contribution in [-0.2, 0) is 0 Å². The Labute approximate surface area is 62.3 Å². The van der Waals surface area contributed by atoms with Gasteiger partial charge in [-0.05, 0) is 6.07 Å². The summed E-state index contributed by atoms with van der Waals surface area (Å²) in [7, 11) is 0. The van der Waals surface area contributed by atoms with E-state index in [-0.39, 0.29) is 0 Å². The van der Waals surface area contributed by atoms with Crippen LogP contribution in [0.5, 0.6) is 0 Å². The average Bonchev–Trinajstić information content (AvgIpc) is 2.06. The number of nitrogen functional groups attached to an aromatic ring is 1. The highest BCUT2D eigenvalue weighted by molar-refractivity contribution is 5.83. The minimum Gasteiger partial charge on any atom is -0.383 e. The summed E-state index contributed by atoms with van der Waals surface area (Å²) in [6.45, 7) is 0. The molecule has 0 aliphatic carbocycles. The predicted octanol–water partition coefficient (Wildman–Crippen LogP) is 0.00200. The molecule has 0 amide bonds. The molecule has 0 bridgehead atoms. The molecule has 5 heteroatoms. The predicted molar refractivity (Wildman–Crippen MR) is 39.5 cm³/mol. The maximum absolute atomic E-state index is 5.54. The number of hydrogen-bond acceptors (Lipinski definition) is 5. The van der Waals surface area contributed by atoms with Crippen LogP contribution in [0.15, 0.2) is 18.6 Å². The Morgan fingerprint density at radius 1 is 1.27 bits per heavy atom. The van der Waals surface area contributed by atoms with Crippen LogP contribution in [0.1, 0.15) is 0 Å². The average molecular weight is 147 g/mol. The maximum atomic E-state index is 5.54. The van der Waals surface area contributed by atoms with E-state index >= 15 is 0 Å². The van der Waals surface area contributed by atoms with Gasteiger partial charge in [-0.15, -0.1) is 5.10 Å². The first-order valence-electron chi connectivity index (χ1n) is 3.06. The van der Waals surface area contributed by atoms with Crippen LogP contribution < -0.4 is 5.73 Å². The number of nitrogens with two attached hydrogens (primary N) is 1. The van der Waals surface area contributed by atoms with Gasteiger partial charge in [-0.3, -0.25) is 0 Å². The van der Waals surface area contributed by atoms with E-state index in [1.54, 1.807) is 12.3 Å². The van der Waals surface area contributed by atoms with Crippen molar-refractivity contribution in [1.82, 2.24) is 20.2 Å². The lowest BCUT2D eigenvalue weighted by molar-refractivity contribution is 1.04. The highest BCUT2D eigenvalue weighted by Gasteiger charge is 1.98. The first-order valence-corrected chi connectivity index (χ1v) is 3.06. The quantitative estimate of drug-likeness (QED) is 0.567. The number of nitrogens with zero attached hydrogens (tertiary/aromatic N) is 4.